The van der Waals surface area contributed by atoms with E-state index in [2.05, 4.69) is 0 Å². The van der Waals surface area contributed by atoms with Gasteiger partial charge >= 0.3 is 0 Å². The summed E-state index contributed by atoms with van der Waals surface area (Å²) in [4.78, 5) is 13.4. The van der Waals surface area contributed by atoms with E-state index in [9.17, 15) is 4.79 Å². The maximum Gasteiger partial charge on any atom is 0.227 e. The molecule has 0 bridgehead atoms. The molecule has 1 amide bonds. The number of halogens is 2. The first-order chi connectivity index (χ1) is 7.20. The highest BCUT2D eigenvalue weighted by Gasteiger charge is 2.22. The fraction of sp³-hybridized carbons (Fsp3) is 0.364. The van der Waals surface area contributed by atoms with E-state index in [1.807, 2.05) is 12.1 Å². The van der Waals surface area contributed by atoms with Crippen LogP contribution < -0.4 is 4.90 Å². The Hall–Kier alpha value is -0.730. The zero-order valence-electron chi connectivity index (χ0n) is 8.17. The molecule has 0 N–H and O–H groups in total. The maximum atomic E-state index is 11.7. The van der Waals surface area contributed by atoms with Gasteiger partial charge in [-0.2, -0.15) is 0 Å². The minimum Gasteiger partial charge on any atom is -0.311 e. The normalized spacial score (nSPS) is 16.9. The number of hydrogen-bond donors (Lipinski definition) is 0. The Morgan fingerprint density at radius 1 is 1.20 bits per heavy atom. The van der Waals surface area contributed by atoms with Crippen molar-refractivity contribution in [3.05, 3.63) is 28.2 Å². The van der Waals surface area contributed by atoms with Gasteiger partial charge in [-0.25, -0.2) is 0 Å². The number of carbonyl (C=O) groups excluding carboxylic acids is 1. The highest BCUT2D eigenvalue weighted by Crippen LogP contribution is 2.33. The molecule has 1 aliphatic heterocycles. The van der Waals surface area contributed by atoms with Crippen molar-refractivity contribution >= 4 is 34.8 Å². The molecule has 4 heteroatoms. The fourth-order valence-electron chi connectivity index (χ4n) is 1.76. The summed E-state index contributed by atoms with van der Waals surface area (Å²) in [5.74, 6) is 0.130. The SMILES string of the molecule is O=C1CCCCN1c1cccc(Cl)c1Cl. The molecule has 0 spiro atoms. The number of anilines is 1. The second-order valence-corrected chi connectivity index (χ2v) is 4.36. The first kappa shape index (κ1) is 10.8. The molecule has 15 heavy (non-hydrogen) atoms. The lowest BCUT2D eigenvalue weighted by molar-refractivity contribution is -0.119. The lowest BCUT2D eigenvalue weighted by atomic mass is 10.1. The van der Waals surface area contributed by atoms with Gasteiger partial charge in [-0.1, -0.05) is 29.3 Å². The molecule has 1 aliphatic rings. The Kier molecular flexibility index (Phi) is 3.17. The van der Waals surface area contributed by atoms with Crippen molar-refractivity contribution in [1.82, 2.24) is 0 Å². The van der Waals surface area contributed by atoms with E-state index in [4.69, 9.17) is 23.2 Å². The fourth-order valence-corrected chi connectivity index (χ4v) is 2.16. The molecule has 1 aromatic carbocycles. The number of benzene rings is 1. The van der Waals surface area contributed by atoms with Crippen LogP contribution in [0.1, 0.15) is 19.3 Å². The third kappa shape index (κ3) is 2.11. The molecule has 0 aromatic heterocycles. The van der Waals surface area contributed by atoms with E-state index in [0.717, 1.165) is 25.1 Å². The van der Waals surface area contributed by atoms with Gasteiger partial charge in [0, 0.05) is 13.0 Å². The predicted octanol–water partition coefficient (Wildman–Crippen LogP) is 3.51. The van der Waals surface area contributed by atoms with Crippen molar-refractivity contribution in [1.29, 1.82) is 0 Å². The first-order valence-electron chi connectivity index (χ1n) is 4.94. The second-order valence-electron chi connectivity index (χ2n) is 3.58. The van der Waals surface area contributed by atoms with Gasteiger partial charge in [0.25, 0.3) is 0 Å². The van der Waals surface area contributed by atoms with Gasteiger partial charge in [0.2, 0.25) is 5.91 Å². The molecule has 80 valence electrons. The van der Waals surface area contributed by atoms with E-state index >= 15 is 0 Å². The zero-order chi connectivity index (χ0) is 10.8. The van der Waals surface area contributed by atoms with Crippen LogP contribution in [0.3, 0.4) is 0 Å². The van der Waals surface area contributed by atoms with Gasteiger partial charge < -0.3 is 4.90 Å². The van der Waals surface area contributed by atoms with Crippen LogP contribution in [0.15, 0.2) is 18.2 Å². The summed E-state index contributed by atoms with van der Waals surface area (Å²) in [7, 11) is 0. The molecular formula is C11H11Cl2NO. The largest absolute Gasteiger partial charge is 0.311 e. The molecule has 1 heterocycles. The molecule has 0 aliphatic carbocycles. The molecule has 1 saturated heterocycles. The van der Waals surface area contributed by atoms with Crippen molar-refractivity contribution < 1.29 is 4.79 Å². The summed E-state index contributed by atoms with van der Waals surface area (Å²) in [5.41, 5.74) is 0.730. The lowest BCUT2D eigenvalue weighted by Crippen LogP contribution is -2.35. The summed E-state index contributed by atoms with van der Waals surface area (Å²) < 4.78 is 0. The summed E-state index contributed by atoms with van der Waals surface area (Å²) in [5, 5.41) is 0.960. The minimum absolute atomic E-state index is 0.130. The zero-order valence-corrected chi connectivity index (χ0v) is 9.68. The van der Waals surface area contributed by atoms with Crippen LogP contribution in [-0.4, -0.2) is 12.5 Å². The van der Waals surface area contributed by atoms with Crippen LogP contribution in [0, 0.1) is 0 Å². The average molecular weight is 244 g/mol. The highest BCUT2D eigenvalue weighted by molar-refractivity contribution is 6.44. The van der Waals surface area contributed by atoms with Gasteiger partial charge in [0.1, 0.15) is 0 Å². The van der Waals surface area contributed by atoms with Crippen molar-refractivity contribution in [2.75, 3.05) is 11.4 Å². The molecule has 2 nitrogen and oxygen atoms in total. The molecule has 1 fully saturated rings. The Morgan fingerprint density at radius 3 is 2.73 bits per heavy atom. The monoisotopic (exact) mass is 243 g/mol. The van der Waals surface area contributed by atoms with E-state index in [1.54, 1.807) is 11.0 Å². The molecule has 0 unspecified atom stereocenters. The topological polar surface area (TPSA) is 20.3 Å². The summed E-state index contributed by atoms with van der Waals surface area (Å²) >= 11 is 12.0. The predicted molar refractivity (Wildman–Crippen MR) is 62.7 cm³/mol. The van der Waals surface area contributed by atoms with Crippen LogP contribution in [-0.2, 0) is 4.79 Å². The van der Waals surface area contributed by atoms with E-state index in [1.165, 1.54) is 0 Å². The lowest BCUT2D eigenvalue weighted by Gasteiger charge is -2.27. The number of hydrogen-bond acceptors (Lipinski definition) is 1. The van der Waals surface area contributed by atoms with Gasteiger partial charge in [0.05, 0.1) is 15.7 Å². The summed E-state index contributed by atoms with van der Waals surface area (Å²) in [6.45, 7) is 0.735. The Bertz CT molecular complexity index is 392. The maximum absolute atomic E-state index is 11.7. The average Bonchev–Trinajstić information content (AvgIpc) is 2.23. The third-order valence-electron chi connectivity index (χ3n) is 2.55. The van der Waals surface area contributed by atoms with Crippen LogP contribution in [0.25, 0.3) is 0 Å². The number of piperidine rings is 1. The molecular weight excluding hydrogens is 233 g/mol. The molecule has 2 rings (SSSR count). The van der Waals surface area contributed by atoms with Crippen molar-refractivity contribution in [2.45, 2.75) is 19.3 Å². The quantitative estimate of drug-likeness (QED) is 0.740. The van der Waals surface area contributed by atoms with Gasteiger partial charge in [-0.05, 0) is 25.0 Å². The smallest absolute Gasteiger partial charge is 0.227 e. The Balaban J connectivity index is 2.35. The third-order valence-corrected chi connectivity index (χ3v) is 3.35. The molecule has 0 atom stereocenters. The Labute approximate surface area is 98.8 Å². The number of rotatable bonds is 1. The summed E-state index contributed by atoms with van der Waals surface area (Å²) in [6.07, 6.45) is 2.59. The van der Waals surface area contributed by atoms with Crippen molar-refractivity contribution in [2.24, 2.45) is 0 Å². The standard InChI is InChI=1S/C11H11Cl2NO/c12-8-4-3-5-9(11(8)13)14-7-2-1-6-10(14)15/h3-5H,1-2,6-7H2. The van der Waals surface area contributed by atoms with Crippen LogP contribution in [0.4, 0.5) is 5.69 Å². The number of carbonyl (C=O) groups is 1. The molecule has 1 aromatic rings. The second kappa shape index (κ2) is 4.42. The number of nitrogens with zero attached hydrogens (tertiary/aromatic N) is 1. The summed E-state index contributed by atoms with van der Waals surface area (Å²) in [6, 6.07) is 5.37. The van der Waals surface area contributed by atoms with Crippen LogP contribution in [0.2, 0.25) is 10.0 Å². The Morgan fingerprint density at radius 2 is 2.00 bits per heavy atom. The van der Waals surface area contributed by atoms with Crippen molar-refractivity contribution in [3.63, 3.8) is 0 Å². The minimum atomic E-state index is 0.130. The van der Waals surface area contributed by atoms with E-state index in [0.29, 0.717) is 16.5 Å². The van der Waals surface area contributed by atoms with E-state index in [-0.39, 0.29) is 5.91 Å². The van der Waals surface area contributed by atoms with Gasteiger partial charge in [-0.15, -0.1) is 0 Å². The van der Waals surface area contributed by atoms with Crippen molar-refractivity contribution in [3.8, 4) is 0 Å². The first-order valence-corrected chi connectivity index (χ1v) is 5.70. The molecule has 0 radical (unpaired) electrons. The van der Waals surface area contributed by atoms with Crippen LogP contribution in [0.5, 0.6) is 0 Å². The van der Waals surface area contributed by atoms with Gasteiger partial charge in [0.15, 0.2) is 0 Å². The highest BCUT2D eigenvalue weighted by atomic mass is 35.5. The van der Waals surface area contributed by atoms with Gasteiger partial charge in [-0.3, -0.25) is 4.79 Å². The van der Waals surface area contributed by atoms with Crippen LogP contribution >= 0.6 is 23.2 Å². The number of amides is 1. The molecule has 0 saturated carbocycles. The van der Waals surface area contributed by atoms with E-state index < -0.39 is 0 Å².